The molecule has 0 aromatic carbocycles. The van der Waals surface area contributed by atoms with Crippen LogP contribution in [-0.4, -0.2) is 32.7 Å². The lowest BCUT2D eigenvalue weighted by atomic mass is 10.2. The van der Waals surface area contributed by atoms with Gasteiger partial charge in [-0.25, -0.2) is 4.79 Å². The number of nitrogens with one attached hydrogen (secondary N) is 1. The van der Waals surface area contributed by atoms with E-state index in [9.17, 15) is 14.7 Å². The summed E-state index contributed by atoms with van der Waals surface area (Å²) in [5, 5.41) is 9.57. The van der Waals surface area contributed by atoms with Gasteiger partial charge in [0.1, 0.15) is 6.23 Å². The first kappa shape index (κ1) is 11.4. The maximum atomic E-state index is 11.4. The number of aliphatic hydroxyl groups excluding tert-OH is 1. The van der Waals surface area contributed by atoms with Crippen LogP contribution in [0.1, 0.15) is 12.6 Å². The summed E-state index contributed by atoms with van der Waals surface area (Å²) in [6.45, 7) is 0. The quantitative estimate of drug-likeness (QED) is 0.684. The fourth-order valence-corrected chi connectivity index (χ4v) is 1.96. The second-order valence-electron chi connectivity index (χ2n) is 3.60. The first-order chi connectivity index (χ1) is 7.61. The minimum absolute atomic E-state index is 0.162. The van der Waals surface area contributed by atoms with Gasteiger partial charge in [-0.05, 0) is 0 Å². The van der Waals surface area contributed by atoms with Gasteiger partial charge in [-0.1, -0.05) is 0 Å². The van der Waals surface area contributed by atoms with Gasteiger partial charge >= 0.3 is 5.69 Å². The maximum Gasteiger partial charge on any atom is 0.330 e. The van der Waals surface area contributed by atoms with Crippen LogP contribution < -0.4 is 11.2 Å². The van der Waals surface area contributed by atoms with Gasteiger partial charge in [-0.2, -0.15) is 0 Å². The Morgan fingerprint density at radius 3 is 2.94 bits per heavy atom. The van der Waals surface area contributed by atoms with Crippen molar-refractivity contribution in [3.63, 3.8) is 0 Å². The molecular formula is C9H11ClN2O4. The number of nitrogens with zero attached hydrogens (tertiary/aromatic N) is 1. The highest BCUT2D eigenvalue weighted by atomic mass is 35.5. The highest BCUT2D eigenvalue weighted by Gasteiger charge is 2.34. The lowest BCUT2D eigenvalue weighted by molar-refractivity contribution is -0.00825. The van der Waals surface area contributed by atoms with E-state index in [-0.39, 0.29) is 12.3 Å². The van der Waals surface area contributed by atoms with Crippen molar-refractivity contribution in [3.05, 3.63) is 33.1 Å². The Kier molecular flexibility index (Phi) is 3.13. The Bertz CT molecular complexity index is 483. The topological polar surface area (TPSA) is 84.3 Å². The summed E-state index contributed by atoms with van der Waals surface area (Å²) in [5.74, 6) is 0.162. The average molecular weight is 247 g/mol. The number of ether oxygens (including phenoxy) is 1. The molecule has 0 saturated carbocycles. The van der Waals surface area contributed by atoms with Gasteiger partial charge in [0.25, 0.3) is 5.56 Å². The number of H-pyrrole nitrogens is 1. The molecule has 0 unspecified atom stereocenters. The van der Waals surface area contributed by atoms with Crippen LogP contribution in [0.4, 0.5) is 0 Å². The van der Waals surface area contributed by atoms with Gasteiger partial charge in [0.15, 0.2) is 0 Å². The first-order valence-electron chi connectivity index (χ1n) is 4.83. The Morgan fingerprint density at radius 2 is 2.38 bits per heavy atom. The van der Waals surface area contributed by atoms with Crippen molar-refractivity contribution in [1.29, 1.82) is 0 Å². The predicted octanol–water partition coefficient (Wildman–Crippen LogP) is -0.576. The number of hydrogen-bond acceptors (Lipinski definition) is 4. The third-order valence-electron chi connectivity index (χ3n) is 2.52. The van der Waals surface area contributed by atoms with Crippen LogP contribution in [-0.2, 0) is 4.74 Å². The lowest BCUT2D eigenvalue weighted by Gasteiger charge is -2.13. The van der Waals surface area contributed by atoms with E-state index >= 15 is 0 Å². The van der Waals surface area contributed by atoms with Crippen LogP contribution in [0.2, 0.25) is 0 Å². The third kappa shape index (κ3) is 2.04. The number of alkyl halides is 1. The molecule has 88 valence electrons. The van der Waals surface area contributed by atoms with E-state index in [0.717, 1.165) is 0 Å². The standard InChI is InChI=1S/C9H11ClN2O4/c10-4-6-5(13)3-8(16-6)12-2-1-7(14)11-9(12)15/h1-2,5-6,8,13H,3-4H2,(H,11,14,15)/t5-,6-,8+/m0/s1. The second kappa shape index (κ2) is 4.40. The minimum Gasteiger partial charge on any atom is -0.390 e. The molecule has 1 aliphatic rings. The molecule has 2 heterocycles. The molecule has 0 amide bonds. The zero-order chi connectivity index (χ0) is 11.7. The van der Waals surface area contributed by atoms with E-state index in [2.05, 4.69) is 4.98 Å². The van der Waals surface area contributed by atoms with Crippen LogP contribution in [0, 0.1) is 0 Å². The molecule has 0 radical (unpaired) electrons. The molecule has 2 N–H and O–H groups in total. The van der Waals surface area contributed by atoms with E-state index in [0.29, 0.717) is 0 Å². The van der Waals surface area contributed by atoms with Crippen LogP contribution in [0.3, 0.4) is 0 Å². The van der Waals surface area contributed by atoms with Crippen molar-refractivity contribution in [1.82, 2.24) is 9.55 Å². The fourth-order valence-electron chi connectivity index (χ4n) is 1.68. The van der Waals surface area contributed by atoms with E-state index in [1.807, 2.05) is 0 Å². The minimum atomic E-state index is -0.693. The van der Waals surface area contributed by atoms with E-state index < -0.39 is 29.7 Å². The SMILES string of the molecule is O=c1ccn([C@H]2C[C@H](O)[C@H](CCl)O2)c(=O)[nH]1. The normalized spacial score (nSPS) is 29.5. The maximum absolute atomic E-state index is 11.4. The summed E-state index contributed by atoms with van der Waals surface area (Å²) >= 11 is 5.59. The van der Waals surface area contributed by atoms with Gasteiger partial charge in [0.2, 0.25) is 0 Å². The summed E-state index contributed by atoms with van der Waals surface area (Å²) in [6.07, 6.45) is -0.131. The molecule has 1 saturated heterocycles. The summed E-state index contributed by atoms with van der Waals surface area (Å²) in [5.41, 5.74) is -1.02. The predicted molar refractivity (Wildman–Crippen MR) is 56.6 cm³/mol. The summed E-state index contributed by atoms with van der Waals surface area (Å²) in [7, 11) is 0. The monoisotopic (exact) mass is 246 g/mol. The number of halogens is 1. The molecule has 0 aliphatic carbocycles. The zero-order valence-electron chi connectivity index (χ0n) is 8.30. The molecule has 0 spiro atoms. The molecule has 7 heteroatoms. The number of rotatable bonds is 2. The molecule has 1 fully saturated rings. The third-order valence-corrected chi connectivity index (χ3v) is 2.82. The highest BCUT2D eigenvalue weighted by molar-refractivity contribution is 6.18. The van der Waals surface area contributed by atoms with Crippen LogP contribution >= 0.6 is 11.6 Å². The molecule has 16 heavy (non-hydrogen) atoms. The molecule has 2 rings (SSSR count). The molecule has 1 aromatic rings. The van der Waals surface area contributed by atoms with Gasteiger partial charge in [0.05, 0.1) is 18.1 Å². The number of hydrogen-bond donors (Lipinski definition) is 2. The molecule has 1 aliphatic heterocycles. The van der Waals surface area contributed by atoms with Crippen LogP contribution in [0.5, 0.6) is 0 Å². The summed E-state index contributed by atoms with van der Waals surface area (Å²) < 4.78 is 6.62. The van der Waals surface area contributed by atoms with Crippen molar-refractivity contribution in [2.24, 2.45) is 0 Å². The molecule has 0 bridgehead atoms. The summed E-state index contributed by atoms with van der Waals surface area (Å²) in [4.78, 5) is 24.4. The Balaban J connectivity index is 2.27. The van der Waals surface area contributed by atoms with E-state index in [4.69, 9.17) is 16.3 Å². The zero-order valence-corrected chi connectivity index (χ0v) is 9.05. The van der Waals surface area contributed by atoms with Gasteiger partial charge < -0.3 is 9.84 Å². The first-order valence-corrected chi connectivity index (χ1v) is 5.36. The molecule has 3 atom stereocenters. The number of aromatic nitrogens is 2. The largest absolute Gasteiger partial charge is 0.390 e. The van der Waals surface area contributed by atoms with Gasteiger partial charge in [-0.15, -0.1) is 11.6 Å². The van der Waals surface area contributed by atoms with Gasteiger partial charge in [-0.3, -0.25) is 14.3 Å². The highest BCUT2D eigenvalue weighted by Crippen LogP contribution is 2.27. The smallest absolute Gasteiger partial charge is 0.330 e. The molecular weight excluding hydrogens is 236 g/mol. The van der Waals surface area contributed by atoms with Crippen molar-refractivity contribution in [2.75, 3.05) is 5.88 Å². The van der Waals surface area contributed by atoms with Crippen LogP contribution in [0.25, 0.3) is 0 Å². The van der Waals surface area contributed by atoms with E-state index in [1.54, 1.807) is 0 Å². The summed E-state index contributed by atoms with van der Waals surface area (Å²) in [6, 6.07) is 1.23. The van der Waals surface area contributed by atoms with Crippen molar-refractivity contribution in [3.8, 4) is 0 Å². The molecule has 6 nitrogen and oxygen atoms in total. The van der Waals surface area contributed by atoms with Crippen LogP contribution in [0.15, 0.2) is 21.9 Å². The molecule has 1 aromatic heterocycles. The Morgan fingerprint density at radius 1 is 1.62 bits per heavy atom. The van der Waals surface area contributed by atoms with Crippen molar-refractivity contribution in [2.45, 2.75) is 24.9 Å². The lowest BCUT2D eigenvalue weighted by Crippen LogP contribution is -2.31. The number of aliphatic hydroxyl groups is 1. The second-order valence-corrected chi connectivity index (χ2v) is 3.91. The fraction of sp³-hybridized carbons (Fsp3) is 0.556. The van der Waals surface area contributed by atoms with Gasteiger partial charge in [0, 0.05) is 18.7 Å². The van der Waals surface area contributed by atoms with Crippen molar-refractivity contribution < 1.29 is 9.84 Å². The Labute approximate surface area is 95.4 Å². The Hall–Kier alpha value is -1.11. The average Bonchev–Trinajstić information content (AvgIpc) is 2.59. The van der Waals surface area contributed by atoms with E-state index in [1.165, 1.54) is 16.8 Å². The number of aromatic amines is 1. The van der Waals surface area contributed by atoms with Crippen molar-refractivity contribution >= 4 is 11.6 Å².